The zero-order valence-electron chi connectivity index (χ0n) is 6.01. The second-order valence-electron chi connectivity index (χ2n) is 1.76. The van der Waals surface area contributed by atoms with Gasteiger partial charge in [-0.05, 0) is 0 Å². The van der Waals surface area contributed by atoms with Gasteiger partial charge in [-0.2, -0.15) is 0 Å². The summed E-state index contributed by atoms with van der Waals surface area (Å²) >= 11 is 0. The quantitative estimate of drug-likeness (QED) is 0.570. The van der Waals surface area contributed by atoms with Gasteiger partial charge < -0.3 is 9.47 Å². The topological polar surface area (TPSA) is 43.2 Å². The largest absolute Gasteiger partial charge is 0.482 e. The van der Waals surface area contributed by atoms with Gasteiger partial charge in [-0.1, -0.05) is 0 Å². The molecule has 0 aromatic heterocycles. The molecule has 0 saturated heterocycles. The average Bonchev–Trinajstić information content (AvgIpc) is 2.67. The summed E-state index contributed by atoms with van der Waals surface area (Å²) in [5.74, 6) is 0. The molecule has 0 unspecified atom stereocenters. The van der Waals surface area contributed by atoms with Gasteiger partial charge in [0.05, 0.1) is 13.1 Å². The van der Waals surface area contributed by atoms with Crippen LogP contribution in [-0.4, -0.2) is 39.1 Å². The maximum atomic E-state index is 4.65. The molecule has 2 heterocycles. The molecule has 0 aromatic rings. The third kappa shape index (κ3) is 6.02. The first-order chi connectivity index (χ1) is 5.00. The molecule has 5 heteroatoms. The van der Waals surface area contributed by atoms with E-state index < -0.39 is 0 Å². The first-order valence-corrected chi connectivity index (χ1v) is 3.20. The molecular formula is C6H10N2O2Pd. The smallest absolute Gasteiger partial charge is 0.169 e. The van der Waals surface area contributed by atoms with Crippen LogP contribution in [0.1, 0.15) is 0 Å². The molecular weight excluding hydrogens is 238 g/mol. The number of hydrogen-bond donors (Lipinski definition) is 0. The summed E-state index contributed by atoms with van der Waals surface area (Å²) in [6.07, 6.45) is 2.97. The van der Waals surface area contributed by atoms with Crippen molar-refractivity contribution in [2.45, 2.75) is 0 Å². The van der Waals surface area contributed by atoms with Crippen molar-refractivity contribution in [1.82, 2.24) is 0 Å². The van der Waals surface area contributed by atoms with Crippen LogP contribution in [0, 0.1) is 0 Å². The van der Waals surface area contributed by atoms with Crippen molar-refractivity contribution < 1.29 is 29.9 Å². The van der Waals surface area contributed by atoms with Crippen molar-refractivity contribution in [2.75, 3.05) is 26.3 Å². The Labute approximate surface area is 79.4 Å². The van der Waals surface area contributed by atoms with Crippen LogP contribution in [0.2, 0.25) is 0 Å². The molecule has 0 amide bonds. The Bertz CT molecular complexity index is 111. The molecule has 4 nitrogen and oxygen atoms in total. The van der Waals surface area contributed by atoms with Crippen LogP contribution in [0.25, 0.3) is 0 Å². The number of aliphatic imine (C=N–C) groups is 2. The summed E-state index contributed by atoms with van der Waals surface area (Å²) in [5, 5.41) is 0. The van der Waals surface area contributed by atoms with Crippen LogP contribution in [-0.2, 0) is 29.9 Å². The fourth-order valence-electron chi connectivity index (χ4n) is 0.527. The minimum atomic E-state index is 0. The van der Waals surface area contributed by atoms with Crippen LogP contribution >= 0.6 is 0 Å². The summed E-state index contributed by atoms with van der Waals surface area (Å²) in [4.78, 5) is 7.47. The van der Waals surface area contributed by atoms with Gasteiger partial charge in [-0.3, -0.25) is 9.98 Å². The fraction of sp³-hybridized carbons (Fsp3) is 0.667. The van der Waals surface area contributed by atoms with Gasteiger partial charge in [0.1, 0.15) is 13.2 Å². The van der Waals surface area contributed by atoms with Gasteiger partial charge in [0.25, 0.3) is 0 Å². The van der Waals surface area contributed by atoms with Gasteiger partial charge in [0.2, 0.25) is 0 Å². The number of nitrogens with zero attached hydrogens (tertiary/aromatic N) is 2. The second kappa shape index (κ2) is 7.71. The first-order valence-electron chi connectivity index (χ1n) is 3.20. The molecule has 66 valence electrons. The molecule has 0 fully saturated rings. The Morgan fingerprint density at radius 1 is 0.909 bits per heavy atom. The molecule has 2 rings (SSSR count). The van der Waals surface area contributed by atoms with E-state index in [0.717, 1.165) is 26.3 Å². The molecule has 0 spiro atoms. The zero-order valence-corrected chi connectivity index (χ0v) is 7.56. The number of ether oxygens (including phenoxy) is 2. The zero-order chi connectivity index (χ0) is 7.07. The van der Waals surface area contributed by atoms with Gasteiger partial charge in [0, 0.05) is 20.4 Å². The molecule has 0 atom stereocenters. The van der Waals surface area contributed by atoms with Crippen LogP contribution in [0.4, 0.5) is 0 Å². The minimum absolute atomic E-state index is 0. The van der Waals surface area contributed by atoms with Crippen molar-refractivity contribution in [2.24, 2.45) is 9.98 Å². The van der Waals surface area contributed by atoms with E-state index in [1.165, 1.54) is 12.8 Å². The minimum Gasteiger partial charge on any atom is -0.482 e. The Hall–Kier alpha value is -0.398. The van der Waals surface area contributed by atoms with Crippen LogP contribution in [0.15, 0.2) is 9.98 Å². The van der Waals surface area contributed by atoms with E-state index in [2.05, 4.69) is 19.5 Å². The van der Waals surface area contributed by atoms with Crippen molar-refractivity contribution in [1.29, 1.82) is 0 Å². The van der Waals surface area contributed by atoms with Crippen molar-refractivity contribution in [3.05, 3.63) is 0 Å². The SMILES string of the molecule is C1=NCCO1.C1=NCCO1.[Pd]. The third-order valence-electron chi connectivity index (χ3n) is 0.975. The van der Waals surface area contributed by atoms with E-state index in [-0.39, 0.29) is 20.4 Å². The van der Waals surface area contributed by atoms with E-state index in [4.69, 9.17) is 0 Å². The Morgan fingerprint density at radius 2 is 1.36 bits per heavy atom. The Morgan fingerprint density at radius 3 is 1.45 bits per heavy atom. The first kappa shape index (κ1) is 10.6. The van der Waals surface area contributed by atoms with E-state index >= 15 is 0 Å². The second-order valence-corrected chi connectivity index (χ2v) is 1.76. The van der Waals surface area contributed by atoms with Crippen LogP contribution in [0.3, 0.4) is 0 Å². The normalized spacial score (nSPS) is 17.5. The summed E-state index contributed by atoms with van der Waals surface area (Å²) in [7, 11) is 0. The molecule has 2 aliphatic rings. The van der Waals surface area contributed by atoms with E-state index in [1.54, 1.807) is 0 Å². The van der Waals surface area contributed by atoms with Crippen molar-refractivity contribution >= 4 is 12.8 Å². The predicted octanol–water partition coefficient (Wildman–Crippen LogP) is 0.0873. The Kier molecular flexibility index (Phi) is 7.43. The van der Waals surface area contributed by atoms with E-state index in [1.807, 2.05) is 0 Å². The number of hydrogen-bond acceptors (Lipinski definition) is 4. The van der Waals surface area contributed by atoms with E-state index in [0.29, 0.717) is 0 Å². The monoisotopic (exact) mass is 248 g/mol. The summed E-state index contributed by atoms with van der Waals surface area (Å²) < 4.78 is 9.31. The van der Waals surface area contributed by atoms with Gasteiger partial charge >= 0.3 is 0 Å². The van der Waals surface area contributed by atoms with Crippen molar-refractivity contribution in [3.8, 4) is 0 Å². The predicted molar refractivity (Wildman–Crippen MR) is 38.6 cm³/mol. The average molecular weight is 249 g/mol. The van der Waals surface area contributed by atoms with Gasteiger partial charge in [-0.25, -0.2) is 0 Å². The maximum absolute atomic E-state index is 4.65. The third-order valence-corrected chi connectivity index (χ3v) is 0.975. The molecule has 2 aliphatic heterocycles. The van der Waals surface area contributed by atoms with Crippen LogP contribution in [0.5, 0.6) is 0 Å². The summed E-state index contributed by atoms with van der Waals surface area (Å²) in [6, 6.07) is 0. The summed E-state index contributed by atoms with van der Waals surface area (Å²) in [5.41, 5.74) is 0. The van der Waals surface area contributed by atoms with Gasteiger partial charge in [0.15, 0.2) is 12.8 Å². The molecule has 0 N–H and O–H groups in total. The molecule has 0 bridgehead atoms. The summed E-state index contributed by atoms with van der Waals surface area (Å²) in [6.45, 7) is 3.25. The fourth-order valence-corrected chi connectivity index (χ4v) is 0.527. The molecule has 0 radical (unpaired) electrons. The Balaban J connectivity index is 0.000000167. The van der Waals surface area contributed by atoms with Gasteiger partial charge in [-0.15, -0.1) is 0 Å². The van der Waals surface area contributed by atoms with E-state index in [9.17, 15) is 0 Å². The maximum Gasteiger partial charge on any atom is 0.169 e. The molecule has 0 aromatic carbocycles. The van der Waals surface area contributed by atoms with Crippen LogP contribution < -0.4 is 0 Å². The molecule has 0 aliphatic carbocycles. The number of rotatable bonds is 0. The molecule has 11 heavy (non-hydrogen) atoms. The van der Waals surface area contributed by atoms with Crippen molar-refractivity contribution in [3.63, 3.8) is 0 Å². The standard InChI is InChI=1S/2C3H5NO.Pd/c2*1-2-5-3-4-1;/h2*3H,1-2H2;. The molecule has 0 saturated carbocycles.